The fourth-order valence-electron chi connectivity index (χ4n) is 3.12. The van der Waals surface area contributed by atoms with Gasteiger partial charge in [0.1, 0.15) is 0 Å². The highest BCUT2D eigenvalue weighted by atomic mass is 35.5. The van der Waals surface area contributed by atoms with E-state index in [9.17, 15) is 18.5 Å². The third-order valence-corrected chi connectivity index (χ3v) is 6.18. The molecule has 2 unspecified atom stereocenters. The Hall–Kier alpha value is -1.22. The first-order valence-electron chi connectivity index (χ1n) is 6.96. The number of nitrogens with one attached hydrogen (secondary N) is 1. The number of nitro groups is 1. The molecule has 0 aromatic heterocycles. The van der Waals surface area contributed by atoms with Gasteiger partial charge in [-0.2, -0.15) is 4.31 Å². The first-order valence-corrected chi connectivity index (χ1v) is 8.40. The van der Waals surface area contributed by atoms with Crippen molar-refractivity contribution >= 4 is 28.1 Å². The van der Waals surface area contributed by atoms with Gasteiger partial charge in [0.2, 0.25) is 10.0 Å². The van der Waals surface area contributed by atoms with E-state index in [2.05, 4.69) is 5.32 Å². The van der Waals surface area contributed by atoms with Crippen LogP contribution in [0.3, 0.4) is 0 Å². The maximum Gasteiger partial charge on any atom is 0.269 e. The summed E-state index contributed by atoms with van der Waals surface area (Å²) in [6.07, 6.45) is 1.81. The number of non-ortho nitro benzene ring substituents is 1. The molecule has 2 fully saturated rings. The Balaban J connectivity index is 0.00000176. The largest absolute Gasteiger partial charge is 0.314 e. The molecule has 122 valence electrons. The molecule has 0 spiro atoms. The van der Waals surface area contributed by atoms with Gasteiger partial charge in [0.15, 0.2) is 0 Å². The first kappa shape index (κ1) is 17.1. The van der Waals surface area contributed by atoms with E-state index in [0.29, 0.717) is 25.0 Å². The second kappa shape index (κ2) is 6.49. The minimum absolute atomic E-state index is 0. The van der Waals surface area contributed by atoms with E-state index in [4.69, 9.17) is 0 Å². The molecular formula is C13H18ClN3O4S. The lowest BCUT2D eigenvalue weighted by molar-refractivity contribution is -0.384. The zero-order valence-electron chi connectivity index (χ0n) is 11.8. The van der Waals surface area contributed by atoms with Crippen molar-refractivity contribution in [2.45, 2.75) is 23.8 Å². The van der Waals surface area contributed by atoms with E-state index in [-0.39, 0.29) is 23.0 Å². The maximum atomic E-state index is 12.6. The normalized spacial score (nSPS) is 25.3. The van der Waals surface area contributed by atoms with Crippen LogP contribution in [-0.2, 0) is 10.0 Å². The van der Waals surface area contributed by atoms with Crippen molar-refractivity contribution in [1.29, 1.82) is 0 Å². The summed E-state index contributed by atoms with van der Waals surface area (Å²) < 4.78 is 26.7. The fraction of sp³-hybridized carbons (Fsp3) is 0.538. The number of fused-ring (bicyclic) bond motifs is 1. The van der Waals surface area contributed by atoms with Gasteiger partial charge in [0.25, 0.3) is 5.69 Å². The minimum atomic E-state index is -3.56. The number of sulfonamides is 1. The summed E-state index contributed by atoms with van der Waals surface area (Å²) >= 11 is 0. The summed E-state index contributed by atoms with van der Waals surface area (Å²) in [6, 6.07) is 5.51. The zero-order valence-corrected chi connectivity index (χ0v) is 13.5. The van der Waals surface area contributed by atoms with Crippen molar-refractivity contribution in [3.8, 4) is 0 Å². The molecular weight excluding hydrogens is 330 g/mol. The smallest absolute Gasteiger partial charge is 0.269 e. The van der Waals surface area contributed by atoms with Crippen LogP contribution in [-0.4, -0.2) is 43.3 Å². The lowest BCUT2D eigenvalue weighted by Gasteiger charge is -2.33. The van der Waals surface area contributed by atoms with Crippen molar-refractivity contribution < 1.29 is 13.3 Å². The molecule has 1 aromatic carbocycles. The Bertz CT molecular complexity index is 650. The van der Waals surface area contributed by atoms with Crippen molar-refractivity contribution in [2.24, 2.45) is 5.92 Å². The molecule has 3 rings (SSSR count). The molecule has 2 aliphatic rings. The Morgan fingerprint density at radius 2 is 1.91 bits per heavy atom. The summed E-state index contributed by atoms with van der Waals surface area (Å²) in [7, 11) is -3.56. The van der Waals surface area contributed by atoms with E-state index in [0.717, 1.165) is 19.4 Å². The number of nitro benzene ring substituents is 1. The van der Waals surface area contributed by atoms with Gasteiger partial charge in [-0.3, -0.25) is 10.1 Å². The third-order valence-electron chi connectivity index (χ3n) is 4.30. The molecule has 2 atom stereocenters. The van der Waals surface area contributed by atoms with Crippen LogP contribution in [0.1, 0.15) is 12.8 Å². The van der Waals surface area contributed by atoms with Crippen LogP contribution in [0.15, 0.2) is 29.2 Å². The summed E-state index contributed by atoms with van der Waals surface area (Å²) in [4.78, 5) is 10.2. The van der Waals surface area contributed by atoms with Crippen LogP contribution in [0.2, 0.25) is 0 Å². The number of hydrogen-bond donors (Lipinski definition) is 1. The topological polar surface area (TPSA) is 92.5 Å². The molecule has 0 aliphatic carbocycles. The van der Waals surface area contributed by atoms with Crippen LogP contribution in [0, 0.1) is 16.0 Å². The van der Waals surface area contributed by atoms with Gasteiger partial charge in [-0.1, -0.05) is 0 Å². The highest BCUT2D eigenvalue weighted by Gasteiger charge is 2.37. The van der Waals surface area contributed by atoms with E-state index in [1.165, 1.54) is 28.6 Å². The summed E-state index contributed by atoms with van der Waals surface area (Å²) in [5, 5.41) is 14.0. The molecule has 0 amide bonds. The molecule has 2 heterocycles. The zero-order chi connectivity index (χ0) is 15.0. The van der Waals surface area contributed by atoms with Gasteiger partial charge >= 0.3 is 0 Å². The number of halogens is 1. The molecule has 0 saturated carbocycles. The van der Waals surface area contributed by atoms with Gasteiger partial charge in [-0.25, -0.2) is 8.42 Å². The second-order valence-electron chi connectivity index (χ2n) is 5.51. The fourth-order valence-corrected chi connectivity index (χ4v) is 4.63. The van der Waals surface area contributed by atoms with Crippen LogP contribution in [0.5, 0.6) is 0 Å². The van der Waals surface area contributed by atoms with Crippen LogP contribution in [0.25, 0.3) is 0 Å². The van der Waals surface area contributed by atoms with E-state index < -0.39 is 14.9 Å². The number of benzene rings is 1. The predicted octanol–water partition coefficient (Wildman–Crippen LogP) is 1.39. The second-order valence-corrected chi connectivity index (χ2v) is 7.45. The Morgan fingerprint density at radius 1 is 1.23 bits per heavy atom. The lowest BCUT2D eigenvalue weighted by Crippen LogP contribution is -2.46. The van der Waals surface area contributed by atoms with E-state index in [1.54, 1.807) is 0 Å². The Morgan fingerprint density at radius 3 is 2.55 bits per heavy atom. The van der Waals surface area contributed by atoms with E-state index in [1.807, 2.05) is 0 Å². The van der Waals surface area contributed by atoms with Crippen LogP contribution < -0.4 is 5.32 Å². The number of nitrogens with zero attached hydrogens (tertiary/aromatic N) is 2. The average molecular weight is 348 g/mol. The van der Waals surface area contributed by atoms with Gasteiger partial charge < -0.3 is 5.32 Å². The molecule has 22 heavy (non-hydrogen) atoms. The van der Waals surface area contributed by atoms with Crippen LogP contribution in [0.4, 0.5) is 5.69 Å². The van der Waals surface area contributed by atoms with Gasteiger partial charge in [-0.05, 0) is 37.4 Å². The monoisotopic (exact) mass is 347 g/mol. The van der Waals surface area contributed by atoms with Crippen molar-refractivity contribution in [3.05, 3.63) is 34.4 Å². The molecule has 7 nitrogen and oxygen atoms in total. The summed E-state index contributed by atoms with van der Waals surface area (Å²) in [5.74, 6) is 0.367. The highest BCUT2D eigenvalue weighted by Crippen LogP contribution is 2.29. The predicted molar refractivity (Wildman–Crippen MR) is 83.6 cm³/mol. The minimum Gasteiger partial charge on any atom is -0.314 e. The van der Waals surface area contributed by atoms with E-state index >= 15 is 0 Å². The number of rotatable bonds is 3. The van der Waals surface area contributed by atoms with Crippen molar-refractivity contribution in [2.75, 3.05) is 19.6 Å². The average Bonchev–Trinajstić information content (AvgIpc) is 2.94. The molecule has 2 saturated heterocycles. The first-order chi connectivity index (χ1) is 9.98. The lowest BCUT2D eigenvalue weighted by atomic mass is 9.95. The molecule has 0 bridgehead atoms. The quantitative estimate of drug-likeness (QED) is 0.658. The Labute approximate surface area is 135 Å². The Kier molecular flexibility index (Phi) is 5.06. The van der Waals surface area contributed by atoms with Crippen molar-refractivity contribution in [1.82, 2.24) is 9.62 Å². The van der Waals surface area contributed by atoms with Gasteiger partial charge in [0, 0.05) is 31.3 Å². The number of hydrogen-bond acceptors (Lipinski definition) is 5. The SMILES string of the molecule is Cl.O=[N+]([O-])c1ccc(S(=O)(=O)N2CCC3NCCC3C2)cc1. The van der Waals surface area contributed by atoms with Gasteiger partial charge in [-0.15, -0.1) is 12.4 Å². The molecule has 9 heteroatoms. The molecule has 1 N–H and O–H groups in total. The van der Waals surface area contributed by atoms with Crippen LogP contribution >= 0.6 is 12.4 Å². The summed E-state index contributed by atoms with van der Waals surface area (Å²) in [5.41, 5.74) is -0.104. The molecule has 1 aromatic rings. The highest BCUT2D eigenvalue weighted by molar-refractivity contribution is 7.89. The maximum absolute atomic E-state index is 12.6. The van der Waals surface area contributed by atoms with Crippen molar-refractivity contribution in [3.63, 3.8) is 0 Å². The summed E-state index contributed by atoms with van der Waals surface area (Å²) in [6.45, 7) is 1.96. The number of piperidine rings is 1. The molecule has 0 radical (unpaired) electrons. The third kappa shape index (κ3) is 3.10. The van der Waals surface area contributed by atoms with Gasteiger partial charge in [0.05, 0.1) is 9.82 Å². The molecule has 2 aliphatic heterocycles. The standard InChI is InChI=1S/C13H17N3O4S.ClH/c17-16(18)11-1-3-12(4-2-11)21(19,20)15-8-6-13-10(9-15)5-7-14-13;/h1-4,10,13-14H,5-9H2;1H.